The van der Waals surface area contributed by atoms with Gasteiger partial charge in [0.25, 0.3) is 0 Å². The van der Waals surface area contributed by atoms with Crippen molar-refractivity contribution < 1.29 is 4.52 Å². The second-order valence-electron chi connectivity index (χ2n) is 8.50. The third-order valence-corrected chi connectivity index (χ3v) is 14.0. The molecule has 2 heteroatoms. The van der Waals surface area contributed by atoms with Crippen LogP contribution in [0.15, 0.2) is 91.0 Å². The van der Waals surface area contributed by atoms with Gasteiger partial charge in [0, 0.05) is 0 Å². The molecule has 1 atom stereocenters. The molecule has 3 aromatic carbocycles. The van der Waals surface area contributed by atoms with E-state index in [0.717, 1.165) is 0 Å². The Balaban J connectivity index is 1.85. The van der Waals surface area contributed by atoms with E-state index in [1.807, 2.05) is 0 Å². The van der Waals surface area contributed by atoms with Gasteiger partial charge in [0.2, 0.25) is 0 Å². The molecule has 0 radical (unpaired) electrons. The molecule has 3 aromatic rings. The maximum atomic E-state index is 7.54. The second-order valence-corrected chi connectivity index (χ2v) is 13.2. The van der Waals surface area contributed by atoms with Gasteiger partial charge < -0.3 is 0 Å². The zero-order valence-electron chi connectivity index (χ0n) is 16.6. The Labute approximate surface area is 168 Å². The second kappa shape index (κ2) is 6.55. The molecule has 144 valence electrons. The van der Waals surface area contributed by atoms with E-state index < -0.39 is 6.83 Å². The molecule has 0 amide bonds. The van der Waals surface area contributed by atoms with E-state index in [9.17, 15) is 0 Å². The SMILES string of the molecule is CC1C2(CCCCC2)OP1(c1ccccc1)(c1ccccc1)c1ccccc1. The molecule has 1 unspecified atom stereocenters. The molecule has 2 fully saturated rings. The van der Waals surface area contributed by atoms with Crippen molar-refractivity contribution in [1.82, 2.24) is 0 Å². The van der Waals surface area contributed by atoms with E-state index in [1.165, 1.54) is 48.0 Å². The van der Waals surface area contributed by atoms with Gasteiger partial charge >= 0.3 is 169 Å². The van der Waals surface area contributed by atoms with Gasteiger partial charge in [-0.25, -0.2) is 0 Å². The van der Waals surface area contributed by atoms with Crippen LogP contribution < -0.4 is 15.9 Å². The zero-order valence-corrected chi connectivity index (χ0v) is 17.5. The van der Waals surface area contributed by atoms with Gasteiger partial charge in [-0.2, -0.15) is 0 Å². The molecule has 0 N–H and O–H groups in total. The summed E-state index contributed by atoms with van der Waals surface area (Å²) in [4.78, 5) is 0. The molecule has 5 rings (SSSR count). The van der Waals surface area contributed by atoms with Gasteiger partial charge in [-0.05, 0) is 0 Å². The van der Waals surface area contributed by atoms with Gasteiger partial charge in [-0.15, -0.1) is 0 Å². The molecule has 2 aliphatic rings. The molecule has 1 saturated carbocycles. The molecule has 0 aromatic heterocycles. The number of hydrogen-bond acceptors (Lipinski definition) is 1. The average Bonchev–Trinajstić information content (AvgIpc) is 2.80. The molecule has 1 spiro atoms. The Bertz CT molecular complexity index is 846. The van der Waals surface area contributed by atoms with Gasteiger partial charge in [-0.3, -0.25) is 0 Å². The Morgan fingerprint density at radius 2 is 1.04 bits per heavy atom. The Hall–Kier alpha value is -1.95. The molecule has 1 nitrogen and oxygen atoms in total. The van der Waals surface area contributed by atoms with Crippen molar-refractivity contribution in [1.29, 1.82) is 0 Å². The molecule has 1 heterocycles. The Morgan fingerprint density at radius 1 is 0.643 bits per heavy atom. The summed E-state index contributed by atoms with van der Waals surface area (Å²) in [7, 11) is 0. The standard InChI is InChI=1S/C26H29OP/c1-22-26(20-12-5-13-21-26)27-28(22,23-14-6-2-7-15-23,24-16-8-3-9-17-24)25-18-10-4-11-19-25/h2-4,6-11,14-19,22H,5,12-13,20-21H2,1H3. The fraction of sp³-hybridized carbons (Fsp3) is 0.308. The normalized spacial score (nSPS) is 25.9. The summed E-state index contributed by atoms with van der Waals surface area (Å²) < 4.78 is 7.54. The van der Waals surface area contributed by atoms with Crippen molar-refractivity contribution in [3.05, 3.63) is 91.0 Å². The van der Waals surface area contributed by atoms with Crippen LogP contribution in [-0.2, 0) is 4.52 Å². The average molecular weight is 388 g/mol. The van der Waals surface area contributed by atoms with Crippen molar-refractivity contribution in [2.24, 2.45) is 0 Å². The summed E-state index contributed by atoms with van der Waals surface area (Å²) in [5, 5.41) is 4.11. The molecular weight excluding hydrogens is 359 g/mol. The first-order chi connectivity index (χ1) is 13.7. The molecule has 1 aliphatic carbocycles. The third kappa shape index (κ3) is 2.15. The predicted octanol–water partition coefficient (Wildman–Crippen LogP) is 5.55. The Kier molecular flexibility index (Phi) is 4.23. The van der Waals surface area contributed by atoms with E-state index in [0.29, 0.717) is 5.66 Å². The van der Waals surface area contributed by atoms with E-state index in [2.05, 4.69) is 97.9 Å². The van der Waals surface area contributed by atoms with Crippen LogP contribution in [-0.4, -0.2) is 11.3 Å². The molecule has 1 aliphatic heterocycles. The van der Waals surface area contributed by atoms with Gasteiger partial charge in [-0.1, -0.05) is 0 Å². The summed E-state index contributed by atoms with van der Waals surface area (Å²) in [6, 6.07) is 33.3. The van der Waals surface area contributed by atoms with Crippen molar-refractivity contribution in [3.8, 4) is 0 Å². The number of rotatable bonds is 3. The summed E-state index contributed by atoms with van der Waals surface area (Å²) in [5.41, 5.74) is 0.503. The minimum absolute atomic E-state index is 0.0254. The topological polar surface area (TPSA) is 9.23 Å². The predicted molar refractivity (Wildman–Crippen MR) is 122 cm³/mol. The van der Waals surface area contributed by atoms with Crippen LogP contribution in [0.4, 0.5) is 0 Å². The minimum atomic E-state index is -3.00. The van der Waals surface area contributed by atoms with E-state index in [-0.39, 0.29) is 5.60 Å². The molecular formula is C26H29OP. The summed E-state index contributed by atoms with van der Waals surface area (Å²) in [6.45, 7) is -0.514. The quantitative estimate of drug-likeness (QED) is 0.534. The fourth-order valence-corrected chi connectivity index (χ4v) is 13.2. The van der Waals surface area contributed by atoms with Crippen LogP contribution in [0.3, 0.4) is 0 Å². The number of hydrogen-bond donors (Lipinski definition) is 0. The first-order valence-electron chi connectivity index (χ1n) is 10.6. The van der Waals surface area contributed by atoms with Crippen LogP contribution >= 0.6 is 6.83 Å². The van der Waals surface area contributed by atoms with Crippen molar-refractivity contribution in [2.45, 2.75) is 50.3 Å². The fourth-order valence-electron chi connectivity index (χ4n) is 6.04. The van der Waals surface area contributed by atoms with E-state index in [1.54, 1.807) is 0 Å². The van der Waals surface area contributed by atoms with Crippen molar-refractivity contribution in [3.63, 3.8) is 0 Å². The maximum absolute atomic E-state index is 7.54. The van der Waals surface area contributed by atoms with Crippen LogP contribution in [0.1, 0.15) is 39.0 Å². The summed E-state index contributed by atoms with van der Waals surface area (Å²) >= 11 is 0. The number of benzene rings is 3. The van der Waals surface area contributed by atoms with Gasteiger partial charge in [0.05, 0.1) is 0 Å². The molecule has 0 bridgehead atoms. The van der Waals surface area contributed by atoms with Crippen LogP contribution in [0.2, 0.25) is 0 Å². The monoisotopic (exact) mass is 388 g/mol. The molecule has 1 saturated heterocycles. The summed E-state index contributed by atoms with van der Waals surface area (Å²) in [5.74, 6) is 0. The van der Waals surface area contributed by atoms with E-state index >= 15 is 0 Å². The first kappa shape index (κ1) is 18.1. The van der Waals surface area contributed by atoms with Crippen molar-refractivity contribution in [2.75, 3.05) is 0 Å². The third-order valence-electron chi connectivity index (χ3n) is 7.38. The van der Waals surface area contributed by atoms with Gasteiger partial charge in [0.1, 0.15) is 0 Å². The van der Waals surface area contributed by atoms with E-state index in [4.69, 9.17) is 4.52 Å². The van der Waals surface area contributed by atoms with Crippen LogP contribution in [0.5, 0.6) is 0 Å². The zero-order chi connectivity index (χ0) is 19.1. The first-order valence-corrected chi connectivity index (χ1v) is 12.8. The van der Waals surface area contributed by atoms with Crippen LogP contribution in [0.25, 0.3) is 0 Å². The van der Waals surface area contributed by atoms with Crippen molar-refractivity contribution >= 4 is 22.7 Å². The van der Waals surface area contributed by atoms with Crippen LogP contribution in [0, 0.1) is 0 Å². The molecule has 28 heavy (non-hydrogen) atoms. The Morgan fingerprint density at radius 3 is 1.39 bits per heavy atom. The van der Waals surface area contributed by atoms with Gasteiger partial charge in [0.15, 0.2) is 0 Å². The summed E-state index contributed by atoms with van der Waals surface area (Å²) in [6.07, 6.45) is 6.30.